The van der Waals surface area contributed by atoms with Gasteiger partial charge in [-0.25, -0.2) is 4.98 Å². The van der Waals surface area contributed by atoms with Crippen LogP contribution in [0.2, 0.25) is 0 Å². The first-order valence-corrected chi connectivity index (χ1v) is 6.70. The van der Waals surface area contributed by atoms with Crippen molar-refractivity contribution in [3.8, 4) is 5.88 Å². The average molecular weight is 258 g/mol. The number of nitrogens with one attached hydrogen (secondary N) is 1. The molecule has 1 heterocycles. The van der Waals surface area contributed by atoms with E-state index in [1.165, 1.54) is 0 Å². The molecule has 0 bridgehead atoms. The Morgan fingerprint density at radius 2 is 1.84 bits per heavy atom. The molecule has 2 aromatic rings. The maximum absolute atomic E-state index is 5.94. The van der Waals surface area contributed by atoms with E-state index in [-0.39, 0.29) is 5.60 Å². The number of nitrogens with zero attached hydrogens (tertiary/aromatic N) is 1. The molecule has 0 spiro atoms. The Morgan fingerprint density at radius 1 is 1.11 bits per heavy atom. The van der Waals surface area contributed by atoms with Crippen LogP contribution in [0.5, 0.6) is 5.88 Å². The zero-order valence-electron chi connectivity index (χ0n) is 12.3. The molecule has 0 fully saturated rings. The second kappa shape index (κ2) is 5.08. The lowest BCUT2D eigenvalue weighted by atomic mass is 10.1. The Morgan fingerprint density at radius 3 is 2.47 bits per heavy atom. The molecule has 0 aliphatic carbocycles. The Bertz CT molecular complexity index is 570. The Hall–Kier alpha value is -1.77. The van der Waals surface area contributed by atoms with Crippen molar-refractivity contribution in [2.45, 2.75) is 46.3 Å². The van der Waals surface area contributed by atoms with Crippen molar-refractivity contribution in [3.63, 3.8) is 0 Å². The van der Waals surface area contributed by atoms with Crippen LogP contribution in [-0.2, 0) is 0 Å². The van der Waals surface area contributed by atoms with Crippen molar-refractivity contribution in [2.24, 2.45) is 0 Å². The summed E-state index contributed by atoms with van der Waals surface area (Å²) in [5, 5.41) is 5.64. The van der Waals surface area contributed by atoms with Crippen LogP contribution in [0.4, 0.5) is 5.69 Å². The molecule has 102 valence electrons. The van der Waals surface area contributed by atoms with E-state index in [2.05, 4.69) is 36.3 Å². The molecule has 0 atom stereocenters. The molecule has 19 heavy (non-hydrogen) atoms. The molecule has 1 aromatic heterocycles. The summed E-state index contributed by atoms with van der Waals surface area (Å²) in [6, 6.07) is 8.59. The number of fused-ring (bicyclic) bond motifs is 1. The highest BCUT2D eigenvalue weighted by atomic mass is 16.5. The summed E-state index contributed by atoms with van der Waals surface area (Å²) in [4.78, 5) is 4.36. The molecule has 0 saturated carbocycles. The molecule has 1 N–H and O–H groups in total. The third-order valence-electron chi connectivity index (χ3n) is 2.62. The van der Waals surface area contributed by atoms with Gasteiger partial charge in [-0.3, -0.25) is 0 Å². The quantitative estimate of drug-likeness (QED) is 0.894. The molecule has 0 saturated heterocycles. The summed E-state index contributed by atoms with van der Waals surface area (Å²) in [6.07, 6.45) is 1.80. The van der Waals surface area contributed by atoms with Crippen molar-refractivity contribution in [2.75, 3.05) is 5.32 Å². The topological polar surface area (TPSA) is 34.1 Å². The SMILES string of the molecule is CC(C)Nc1cccc2c(OC(C)(C)C)nccc12. The number of anilines is 1. The van der Waals surface area contributed by atoms with E-state index in [0.29, 0.717) is 11.9 Å². The van der Waals surface area contributed by atoms with Gasteiger partial charge in [-0.1, -0.05) is 6.07 Å². The van der Waals surface area contributed by atoms with E-state index in [0.717, 1.165) is 16.5 Å². The van der Waals surface area contributed by atoms with Crippen LogP contribution in [-0.4, -0.2) is 16.6 Å². The maximum Gasteiger partial charge on any atom is 0.221 e. The molecule has 0 aliphatic heterocycles. The first kappa shape index (κ1) is 13.7. The van der Waals surface area contributed by atoms with Crippen molar-refractivity contribution in [1.29, 1.82) is 0 Å². The smallest absolute Gasteiger partial charge is 0.221 e. The number of ether oxygens (including phenoxy) is 1. The minimum absolute atomic E-state index is 0.247. The molecule has 0 aliphatic rings. The predicted octanol–water partition coefficient (Wildman–Crippen LogP) is 4.23. The minimum atomic E-state index is -0.247. The zero-order valence-corrected chi connectivity index (χ0v) is 12.3. The Labute approximate surface area is 115 Å². The van der Waals surface area contributed by atoms with E-state index in [1.54, 1.807) is 6.20 Å². The number of aromatic nitrogens is 1. The van der Waals surface area contributed by atoms with E-state index in [1.807, 2.05) is 32.9 Å². The summed E-state index contributed by atoms with van der Waals surface area (Å²) in [6.45, 7) is 10.4. The first-order chi connectivity index (χ1) is 8.87. The van der Waals surface area contributed by atoms with Gasteiger partial charge in [-0.15, -0.1) is 0 Å². The number of benzene rings is 1. The lowest BCUT2D eigenvalue weighted by molar-refractivity contribution is 0.126. The zero-order chi connectivity index (χ0) is 14.0. The third-order valence-corrected chi connectivity index (χ3v) is 2.62. The molecule has 0 radical (unpaired) electrons. The van der Waals surface area contributed by atoms with Crippen LogP contribution >= 0.6 is 0 Å². The fraction of sp³-hybridized carbons (Fsp3) is 0.438. The van der Waals surface area contributed by atoms with Crippen molar-refractivity contribution >= 4 is 16.5 Å². The molecular formula is C16H22N2O. The molecule has 1 aromatic carbocycles. The monoisotopic (exact) mass is 258 g/mol. The van der Waals surface area contributed by atoms with Crippen molar-refractivity contribution in [1.82, 2.24) is 4.98 Å². The standard InChI is InChI=1S/C16H22N2O/c1-11(2)18-14-8-6-7-13-12(14)9-10-17-15(13)19-16(3,4)5/h6-11,18H,1-5H3. The second-order valence-corrected chi connectivity index (χ2v) is 6.03. The number of rotatable bonds is 3. The first-order valence-electron chi connectivity index (χ1n) is 6.70. The maximum atomic E-state index is 5.94. The Balaban J connectivity index is 2.51. The highest BCUT2D eigenvalue weighted by Crippen LogP contribution is 2.31. The van der Waals surface area contributed by atoms with Crippen molar-refractivity contribution in [3.05, 3.63) is 30.5 Å². The van der Waals surface area contributed by atoms with Gasteiger partial charge in [0.25, 0.3) is 0 Å². The van der Waals surface area contributed by atoms with Gasteiger partial charge in [-0.2, -0.15) is 0 Å². The van der Waals surface area contributed by atoms with Crippen LogP contribution < -0.4 is 10.1 Å². The number of hydrogen-bond acceptors (Lipinski definition) is 3. The van der Waals surface area contributed by atoms with E-state index < -0.39 is 0 Å². The average Bonchev–Trinajstić information content (AvgIpc) is 2.27. The summed E-state index contributed by atoms with van der Waals surface area (Å²) >= 11 is 0. The summed E-state index contributed by atoms with van der Waals surface area (Å²) in [5.41, 5.74) is 0.872. The summed E-state index contributed by atoms with van der Waals surface area (Å²) < 4.78 is 5.94. The van der Waals surface area contributed by atoms with Crippen LogP contribution in [0.3, 0.4) is 0 Å². The van der Waals surface area contributed by atoms with Crippen LogP contribution in [0.15, 0.2) is 30.5 Å². The highest BCUT2D eigenvalue weighted by Gasteiger charge is 2.15. The van der Waals surface area contributed by atoms with E-state index in [9.17, 15) is 0 Å². The van der Waals surface area contributed by atoms with Crippen LogP contribution in [0.25, 0.3) is 10.8 Å². The number of hydrogen-bond donors (Lipinski definition) is 1. The third kappa shape index (κ3) is 3.37. The second-order valence-electron chi connectivity index (χ2n) is 6.03. The molecule has 3 heteroatoms. The lowest BCUT2D eigenvalue weighted by Gasteiger charge is -2.22. The summed E-state index contributed by atoms with van der Waals surface area (Å²) in [7, 11) is 0. The minimum Gasteiger partial charge on any atom is -0.471 e. The fourth-order valence-corrected chi connectivity index (χ4v) is 1.99. The lowest BCUT2D eigenvalue weighted by Crippen LogP contribution is -2.23. The predicted molar refractivity (Wildman–Crippen MR) is 80.9 cm³/mol. The van der Waals surface area contributed by atoms with Gasteiger partial charge in [0, 0.05) is 28.7 Å². The van der Waals surface area contributed by atoms with Gasteiger partial charge >= 0.3 is 0 Å². The van der Waals surface area contributed by atoms with Crippen LogP contribution in [0.1, 0.15) is 34.6 Å². The molecule has 0 unspecified atom stereocenters. The molecule has 2 rings (SSSR count). The van der Waals surface area contributed by atoms with Gasteiger partial charge < -0.3 is 10.1 Å². The van der Waals surface area contributed by atoms with Gasteiger partial charge in [0.1, 0.15) is 5.60 Å². The van der Waals surface area contributed by atoms with E-state index in [4.69, 9.17) is 4.74 Å². The molecule has 3 nitrogen and oxygen atoms in total. The Kier molecular flexibility index (Phi) is 3.65. The highest BCUT2D eigenvalue weighted by molar-refractivity contribution is 5.96. The van der Waals surface area contributed by atoms with Crippen LogP contribution in [0, 0.1) is 0 Å². The fourth-order valence-electron chi connectivity index (χ4n) is 1.99. The van der Waals surface area contributed by atoms with Gasteiger partial charge in [0.15, 0.2) is 0 Å². The molecular weight excluding hydrogens is 236 g/mol. The van der Waals surface area contributed by atoms with Gasteiger partial charge in [0.05, 0.1) is 0 Å². The van der Waals surface area contributed by atoms with Gasteiger partial charge in [0.2, 0.25) is 5.88 Å². The number of pyridine rings is 1. The normalized spacial score (nSPS) is 11.9. The largest absolute Gasteiger partial charge is 0.471 e. The molecule has 0 amide bonds. The van der Waals surface area contributed by atoms with Crippen molar-refractivity contribution < 1.29 is 4.74 Å². The summed E-state index contributed by atoms with van der Waals surface area (Å²) in [5.74, 6) is 0.692. The van der Waals surface area contributed by atoms with E-state index >= 15 is 0 Å². The van der Waals surface area contributed by atoms with Gasteiger partial charge in [-0.05, 0) is 52.8 Å².